The molecular formula is C13H11N5O. The van der Waals surface area contributed by atoms with Gasteiger partial charge in [-0.25, -0.2) is 4.98 Å². The molecule has 0 atom stereocenters. The Bertz CT molecular complexity index is 708. The second-order valence-corrected chi connectivity index (χ2v) is 4.09. The summed E-state index contributed by atoms with van der Waals surface area (Å²) in [7, 11) is 0. The average Bonchev–Trinajstić information content (AvgIpc) is 2.92. The number of nitrogens with zero attached hydrogens (tertiary/aromatic N) is 4. The lowest BCUT2D eigenvalue weighted by atomic mass is 10.1. The summed E-state index contributed by atoms with van der Waals surface area (Å²) in [5, 5.41) is 3.90. The first-order valence-corrected chi connectivity index (χ1v) is 5.70. The third kappa shape index (κ3) is 2.15. The fraction of sp³-hybridized carbons (Fsp3) is 0.0769. The van der Waals surface area contributed by atoms with E-state index in [0.29, 0.717) is 23.1 Å². The van der Waals surface area contributed by atoms with E-state index >= 15 is 0 Å². The second kappa shape index (κ2) is 4.49. The highest BCUT2D eigenvalue weighted by molar-refractivity contribution is 5.65. The van der Waals surface area contributed by atoms with E-state index in [2.05, 4.69) is 20.1 Å². The van der Waals surface area contributed by atoms with Crippen LogP contribution in [-0.2, 0) is 0 Å². The maximum Gasteiger partial charge on any atom is 0.258 e. The summed E-state index contributed by atoms with van der Waals surface area (Å²) < 4.78 is 5.26. The lowest BCUT2D eigenvalue weighted by Gasteiger charge is -2.01. The third-order valence-corrected chi connectivity index (χ3v) is 2.71. The van der Waals surface area contributed by atoms with Crippen LogP contribution >= 0.6 is 0 Å². The van der Waals surface area contributed by atoms with Crippen molar-refractivity contribution >= 4 is 5.69 Å². The maximum absolute atomic E-state index is 5.77. The number of aromatic nitrogens is 4. The minimum absolute atomic E-state index is 0.407. The van der Waals surface area contributed by atoms with Crippen LogP contribution < -0.4 is 5.73 Å². The molecule has 2 N–H and O–H groups in total. The summed E-state index contributed by atoms with van der Waals surface area (Å²) in [6, 6.07) is 5.55. The van der Waals surface area contributed by atoms with Crippen molar-refractivity contribution in [2.45, 2.75) is 6.92 Å². The SMILES string of the molecule is Cc1ccc(N)cc1-c1nc(-c2cnccn2)no1. The van der Waals surface area contributed by atoms with Crippen LogP contribution in [0.1, 0.15) is 5.56 Å². The van der Waals surface area contributed by atoms with Crippen molar-refractivity contribution in [1.82, 2.24) is 20.1 Å². The van der Waals surface area contributed by atoms with Crippen LogP contribution in [0.15, 0.2) is 41.3 Å². The lowest BCUT2D eigenvalue weighted by Crippen LogP contribution is -1.89. The predicted molar refractivity (Wildman–Crippen MR) is 69.9 cm³/mol. The number of hydrogen-bond donors (Lipinski definition) is 1. The number of nitrogen functional groups attached to an aromatic ring is 1. The number of hydrogen-bond acceptors (Lipinski definition) is 6. The van der Waals surface area contributed by atoms with Crippen LogP contribution in [0.2, 0.25) is 0 Å². The van der Waals surface area contributed by atoms with Crippen molar-refractivity contribution in [2.75, 3.05) is 5.73 Å². The summed E-state index contributed by atoms with van der Waals surface area (Å²) in [5.41, 5.74) is 8.83. The molecule has 0 saturated carbocycles. The molecule has 0 fully saturated rings. The van der Waals surface area contributed by atoms with Crippen LogP contribution in [-0.4, -0.2) is 20.1 Å². The number of aryl methyl sites for hydroxylation is 1. The van der Waals surface area contributed by atoms with Gasteiger partial charge in [0.2, 0.25) is 5.82 Å². The van der Waals surface area contributed by atoms with Gasteiger partial charge in [-0.15, -0.1) is 0 Å². The predicted octanol–water partition coefficient (Wildman–Crippen LogP) is 2.08. The lowest BCUT2D eigenvalue weighted by molar-refractivity contribution is 0.432. The van der Waals surface area contributed by atoms with Gasteiger partial charge in [0.1, 0.15) is 5.69 Å². The topological polar surface area (TPSA) is 90.7 Å². The maximum atomic E-state index is 5.77. The molecule has 0 aliphatic heterocycles. The van der Waals surface area contributed by atoms with Crippen molar-refractivity contribution < 1.29 is 4.52 Å². The molecule has 0 saturated heterocycles. The van der Waals surface area contributed by atoms with Crippen molar-refractivity contribution in [3.8, 4) is 23.0 Å². The van der Waals surface area contributed by atoms with Gasteiger partial charge in [-0.2, -0.15) is 4.98 Å². The molecule has 0 aliphatic rings. The molecule has 2 aromatic heterocycles. The van der Waals surface area contributed by atoms with Gasteiger partial charge in [0, 0.05) is 23.6 Å². The molecule has 3 rings (SSSR count). The molecular weight excluding hydrogens is 242 g/mol. The first kappa shape index (κ1) is 11.3. The monoisotopic (exact) mass is 253 g/mol. The minimum Gasteiger partial charge on any atom is -0.399 e. The molecule has 6 heteroatoms. The zero-order valence-corrected chi connectivity index (χ0v) is 10.2. The molecule has 6 nitrogen and oxygen atoms in total. The third-order valence-electron chi connectivity index (χ3n) is 2.71. The molecule has 0 amide bonds. The van der Waals surface area contributed by atoms with Crippen LogP contribution in [0, 0.1) is 6.92 Å². The first-order valence-electron chi connectivity index (χ1n) is 5.70. The second-order valence-electron chi connectivity index (χ2n) is 4.09. The van der Waals surface area contributed by atoms with E-state index in [4.69, 9.17) is 10.3 Å². The van der Waals surface area contributed by atoms with Gasteiger partial charge in [-0.05, 0) is 24.6 Å². The zero-order chi connectivity index (χ0) is 13.2. The number of rotatable bonds is 2. The zero-order valence-electron chi connectivity index (χ0n) is 10.2. The van der Waals surface area contributed by atoms with Crippen LogP contribution in [0.4, 0.5) is 5.69 Å². The Morgan fingerprint density at radius 3 is 2.89 bits per heavy atom. The molecule has 0 radical (unpaired) electrons. The van der Waals surface area contributed by atoms with Gasteiger partial charge in [0.15, 0.2) is 0 Å². The Kier molecular flexibility index (Phi) is 2.68. The van der Waals surface area contributed by atoms with Crippen molar-refractivity contribution in [3.05, 3.63) is 42.4 Å². The number of nitrogens with two attached hydrogens (primary N) is 1. The number of benzene rings is 1. The summed E-state index contributed by atoms with van der Waals surface area (Å²) >= 11 is 0. The number of anilines is 1. The fourth-order valence-corrected chi connectivity index (χ4v) is 1.72. The van der Waals surface area contributed by atoms with Crippen LogP contribution in [0.3, 0.4) is 0 Å². The summed E-state index contributed by atoms with van der Waals surface area (Å²) in [5.74, 6) is 0.829. The highest BCUT2D eigenvalue weighted by Gasteiger charge is 2.13. The van der Waals surface area contributed by atoms with Crippen molar-refractivity contribution in [2.24, 2.45) is 0 Å². The van der Waals surface area contributed by atoms with Gasteiger partial charge in [-0.3, -0.25) is 4.98 Å². The van der Waals surface area contributed by atoms with Gasteiger partial charge in [-0.1, -0.05) is 11.2 Å². The molecule has 3 aromatic rings. The van der Waals surface area contributed by atoms with E-state index in [1.807, 2.05) is 25.1 Å². The first-order chi connectivity index (χ1) is 9.24. The van der Waals surface area contributed by atoms with Gasteiger partial charge in [0.05, 0.1) is 6.20 Å². The molecule has 19 heavy (non-hydrogen) atoms. The molecule has 94 valence electrons. The largest absolute Gasteiger partial charge is 0.399 e. The quantitative estimate of drug-likeness (QED) is 0.703. The van der Waals surface area contributed by atoms with E-state index < -0.39 is 0 Å². The van der Waals surface area contributed by atoms with Gasteiger partial charge >= 0.3 is 0 Å². The Hall–Kier alpha value is -2.76. The van der Waals surface area contributed by atoms with Crippen molar-refractivity contribution in [1.29, 1.82) is 0 Å². The van der Waals surface area contributed by atoms with E-state index in [1.165, 1.54) is 0 Å². The Morgan fingerprint density at radius 2 is 2.11 bits per heavy atom. The van der Waals surface area contributed by atoms with E-state index in [1.54, 1.807) is 18.6 Å². The highest BCUT2D eigenvalue weighted by Crippen LogP contribution is 2.25. The summed E-state index contributed by atoms with van der Waals surface area (Å²) in [4.78, 5) is 12.4. The summed E-state index contributed by atoms with van der Waals surface area (Å²) in [6.07, 6.45) is 4.75. The van der Waals surface area contributed by atoms with E-state index in [9.17, 15) is 0 Å². The van der Waals surface area contributed by atoms with E-state index in [-0.39, 0.29) is 0 Å². The molecule has 0 aliphatic carbocycles. The Balaban J connectivity index is 2.04. The normalized spacial score (nSPS) is 10.6. The average molecular weight is 253 g/mol. The van der Waals surface area contributed by atoms with Crippen LogP contribution in [0.25, 0.3) is 23.0 Å². The summed E-state index contributed by atoms with van der Waals surface area (Å²) in [6.45, 7) is 1.96. The minimum atomic E-state index is 0.407. The molecule has 0 unspecified atom stereocenters. The standard InChI is InChI=1S/C13H11N5O/c1-8-2-3-9(14)6-10(8)13-17-12(18-19-13)11-7-15-4-5-16-11/h2-7H,14H2,1H3. The van der Waals surface area contributed by atoms with Crippen molar-refractivity contribution in [3.63, 3.8) is 0 Å². The smallest absolute Gasteiger partial charge is 0.258 e. The molecule has 0 bridgehead atoms. The van der Waals surface area contributed by atoms with Crippen LogP contribution in [0.5, 0.6) is 0 Å². The molecule has 0 spiro atoms. The van der Waals surface area contributed by atoms with Gasteiger partial charge in [0.25, 0.3) is 5.89 Å². The Morgan fingerprint density at radius 1 is 1.21 bits per heavy atom. The van der Waals surface area contributed by atoms with E-state index in [0.717, 1.165) is 11.1 Å². The molecule has 1 aromatic carbocycles. The van der Waals surface area contributed by atoms with Gasteiger partial charge < -0.3 is 10.3 Å². The Labute approximate surface area is 109 Å². The fourth-order valence-electron chi connectivity index (χ4n) is 1.72. The highest BCUT2D eigenvalue weighted by atomic mass is 16.5. The molecule has 2 heterocycles.